The van der Waals surface area contributed by atoms with E-state index in [1.807, 2.05) is 45.0 Å². The Morgan fingerprint density at radius 3 is 2.70 bits per heavy atom. The third kappa shape index (κ3) is 4.08. The highest BCUT2D eigenvalue weighted by atomic mass is 35.5. The largest absolute Gasteiger partial charge is 0.490 e. The maximum absolute atomic E-state index is 12.7. The predicted octanol–water partition coefficient (Wildman–Crippen LogP) is 4.29. The number of anilines is 2. The van der Waals surface area contributed by atoms with Gasteiger partial charge in [-0.15, -0.1) is 0 Å². The number of carbonyl (C=O) groups excluding carboxylic acids is 2. The van der Waals surface area contributed by atoms with Crippen LogP contribution in [0.15, 0.2) is 42.5 Å². The van der Waals surface area contributed by atoms with E-state index in [9.17, 15) is 9.59 Å². The van der Waals surface area contributed by atoms with Crippen LogP contribution in [0.1, 0.15) is 26.3 Å². The molecule has 0 unspecified atom stereocenters. The molecule has 0 fully saturated rings. The lowest BCUT2D eigenvalue weighted by molar-refractivity contribution is -0.127. The molecule has 142 valence electrons. The van der Waals surface area contributed by atoms with Crippen LogP contribution < -0.4 is 15.0 Å². The number of nitrogens with zero attached hydrogens (tertiary/aromatic N) is 1. The Bertz CT molecular complexity index is 879. The zero-order valence-electron chi connectivity index (χ0n) is 15.7. The number of carbonyl (C=O) groups is 2. The van der Waals surface area contributed by atoms with Crippen LogP contribution in [0.5, 0.6) is 5.75 Å². The van der Waals surface area contributed by atoms with E-state index in [0.717, 1.165) is 11.3 Å². The molecule has 27 heavy (non-hydrogen) atoms. The Morgan fingerprint density at radius 1 is 1.26 bits per heavy atom. The number of benzene rings is 2. The van der Waals surface area contributed by atoms with Crippen molar-refractivity contribution in [3.63, 3.8) is 0 Å². The molecule has 0 bridgehead atoms. The molecule has 0 aromatic heterocycles. The number of hydrogen-bond acceptors (Lipinski definition) is 3. The zero-order valence-corrected chi connectivity index (χ0v) is 16.5. The number of nitrogens with one attached hydrogen (secondary N) is 1. The molecular formula is C21H23ClN2O3. The second-order valence-corrected chi connectivity index (χ2v) is 7.63. The Balaban J connectivity index is 1.80. The number of ether oxygens (including phenoxy) is 1. The van der Waals surface area contributed by atoms with Crippen LogP contribution in [0.25, 0.3) is 0 Å². The predicted molar refractivity (Wildman–Crippen MR) is 108 cm³/mol. The second kappa shape index (κ2) is 7.61. The first-order chi connectivity index (χ1) is 12.8. The lowest BCUT2D eigenvalue weighted by Gasteiger charge is -2.26. The Labute approximate surface area is 164 Å². The molecule has 0 radical (unpaired) electrons. The summed E-state index contributed by atoms with van der Waals surface area (Å²) in [5.74, 6) is 0.450. The van der Waals surface area contributed by atoms with Crippen LogP contribution in [0, 0.1) is 5.41 Å². The van der Waals surface area contributed by atoms with Crippen molar-refractivity contribution in [3.05, 3.63) is 53.1 Å². The maximum atomic E-state index is 12.7. The molecule has 1 N–H and O–H groups in total. The average Bonchev–Trinajstić information content (AvgIpc) is 2.72. The molecule has 6 heteroatoms. The van der Waals surface area contributed by atoms with Gasteiger partial charge in [-0.25, -0.2) is 0 Å². The summed E-state index contributed by atoms with van der Waals surface area (Å²) in [6, 6.07) is 12.6. The summed E-state index contributed by atoms with van der Waals surface area (Å²) in [6.45, 7) is 6.51. The van der Waals surface area contributed by atoms with Gasteiger partial charge in [-0.05, 0) is 44.5 Å². The van der Waals surface area contributed by atoms with Crippen molar-refractivity contribution in [2.45, 2.75) is 27.2 Å². The van der Waals surface area contributed by atoms with Crippen molar-refractivity contribution in [1.29, 1.82) is 0 Å². The van der Waals surface area contributed by atoms with Crippen molar-refractivity contribution in [2.75, 3.05) is 23.4 Å². The zero-order chi connectivity index (χ0) is 19.6. The van der Waals surface area contributed by atoms with Crippen molar-refractivity contribution < 1.29 is 14.3 Å². The van der Waals surface area contributed by atoms with Crippen LogP contribution in [0.2, 0.25) is 5.02 Å². The number of rotatable bonds is 4. The van der Waals surface area contributed by atoms with Gasteiger partial charge in [-0.3, -0.25) is 9.59 Å². The monoisotopic (exact) mass is 386 g/mol. The molecule has 1 aliphatic heterocycles. The molecule has 0 aliphatic carbocycles. The standard InChI is InChI=1S/C21H23ClN2O3/c1-4-24-17-10-9-15(12-18(17)27-13-21(2,3)20(24)26)23-19(25)11-14-7-5-6-8-16(14)22/h5-10,12H,4,11,13H2,1-3H3,(H,23,25). The highest BCUT2D eigenvalue weighted by Crippen LogP contribution is 2.38. The summed E-state index contributed by atoms with van der Waals surface area (Å²) in [5, 5.41) is 3.44. The lowest BCUT2D eigenvalue weighted by atomic mass is 9.93. The molecule has 2 amide bonds. The Hall–Kier alpha value is -2.53. The summed E-state index contributed by atoms with van der Waals surface area (Å²) >= 11 is 6.12. The molecule has 0 spiro atoms. The van der Waals surface area contributed by atoms with E-state index >= 15 is 0 Å². The molecule has 0 saturated heterocycles. The van der Waals surface area contributed by atoms with Gasteiger partial charge in [0.15, 0.2) is 0 Å². The van der Waals surface area contributed by atoms with E-state index in [2.05, 4.69) is 5.32 Å². The number of fused-ring (bicyclic) bond motifs is 1. The van der Waals surface area contributed by atoms with Gasteiger partial charge in [-0.2, -0.15) is 0 Å². The van der Waals surface area contributed by atoms with Gasteiger partial charge in [0.2, 0.25) is 11.8 Å². The van der Waals surface area contributed by atoms with Crippen LogP contribution in [-0.2, 0) is 16.0 Å². The Morgan fingerprint density at radius 2 is 2.00 bits per heavy atom. The quantitative estimate of drug-likeness (QED) is 0.852. The topological polar surface area (TPSA) is 58.6 Å². The summed E-state index contributed by atoms with van der Waals surface area (Å²) in [6.07, 6.45) is 0.185. The fourth-order valence-corrected chi connectivity index (χ4v) is 3.26. The van der Waals surface area contributed by atoms with Crippen molar-refractivity contribution in [1.82, 2.24) is 0 Å². The molecule has 0 saturated carbocycles. The van der Waals surface area contributed by atoms with E-state index in [4.69, 9.17) is 16.3 Å². The molecule has 0 atom stereocenters. The fourth-order valence-electron chi connectivity index (χ4n) is 3.06. The summed E-state index contributed by atoms with van der Waals surface area (Å²) in [4.78, 5) is 26.8. The number of halogens is 1. The van der Waals surface area contributed by atoms with E-state index in [1.165, 1.54) is 0 Å². The average molecular weight is 387 g/mol. The second-order valence-electron chi connectivity index (χ2n) is 7.22. The Kier molecular flexibility index (Phi) is 5.42. The summed E-state index contributed by atoms with van der Waals surface area (Å²) in [5.41, 5.74) is 1.50. The molecule has 3 rings (SSSR count). The third-order valence-corrected chi connectivity index (χ3v) is 4.94. The molecule has 2 aromatic rings. The molecule has 2 aromatic carbocycles. The number of amides is 2. The van der Waals surface area contributed by atoms with E-state index in [0.29, 0.717) is 23.0 Å². The number of hydrogen-bond donors (Lipinski definition) is 1. The minimum atomic E-state index is -0.609. The maximum Gasteiger partial charge on any atom is 0.236 e. The van der Waals surface area contributed by atoms with Crippen molar-refractivity contribution >= 4 is 34.8 Å². The first-order valence-electron chi connectivity index (χ1n) is 8.94. The van der Waals surface area contributed by atoms with E-state index in [-0.39, 0.29) is 24.8 Å². The van der Waals surface area contributed by atoms with Gasteiger partial charge < -0.3 is 15.0 Å². The van der Waals surface area contributed by atoms with E-state index < -0.39 is 5.41 Å². The first-order valence-corrected chi connectivity index (χ1v) is 9.31. The van der Waals surface area contributed by atoms with Crippen LogP contribution in [0.3, 0.4) is 0 Å². The van der Waals surface area contributed by atoms with Crippen molar-refractivity contribution in [3.8, 4) is 5.75 Å². The minimum absolute atomic E-state index is 0.0271. The smallest absolute Gasteiger partial charge is 0.236 e. The normalized spacial score (nSPS) is 15.6. The highest BCUT2D eigenvalue weighted by Gasteiger charge is 2.37. The van der Waals surface area contributed by atoms with Gasteiger partial charge in [0, 0.05) is 23.3 Å². The molecule has 5 nitrogen and oxygen atoms in total. The highest BCUT2D eigenvalue weighted by molar-refractivity contribution is 6.31. The van der Waals surface area contributed by atoms with Gasteiger partial charge in [-0.1, -0.05) is 29.8 Å². The van der Waals surface area contributed by atoms with Gasteiger partial charge in [0.1, 0.15) is 12.4 Å². The van der Waals surface area contributed by atoms with E-state index in [1.54, 1.807) is 23.1 Å². The summed E-state index contributed by atoms with van der Waals surface area (Å²) in [7, 11) is 0. The fraction of sp³-hybridized carbons (Fsp3) is 0.333. The van der Waals surface area contributed by atoms with Gasteiger partial charge >= 0.3 is 0 Å². The minimum Gasteiger partial charge on any atom is -0.490 e. The first kappa shape index (κ1) is 19.2. The van der Waals surface area contributed by atoms with Crippen LogP contribution in [0.4, 0.5) is 11.4 Å². The summed E-state index contributed by atoms with van der Waals surface area (Å²) < 4.78 is 5.89. The van der Waals surface area contributed by atoms with Crippen molar-refractivity contribution in [2.24, 2.45) is 5.41 Å². The third-order valence-electron chi connectivity index (χ3n) is 4.57. The molecule has 1 aliphatic rings. The van der Waals surface area contributed by atoms with Gasteiger partial charge in [0.25, 0.3) is 0 Å². The lowest BCUT2D eigenvalue weighted by Crippen LogP contribution is -2.42. The van der Waals surface area contributed by atoms with Crippen LogP contribution in [-0.4, -0.2) is 25.0 Å². The van der Waals surface area contributed by atoms with Crippen LogP contribution >= 0.6 is 11.6 Å². The molecular weight excluding hydrogens is 364 g/mol. The molecule has 1 heterocycles. The SMILES string of the molecule is CCN1C(=O)C(C)(C)COc2cc(NC(=O)Cc3ccccc3Cl)ccc21. The van der Waals surface area contributed by atoms with Gasteiger partial charge in [0.05, 0.1) is 17.5 Å².